The minimum atomic E-state index is -0.00976. The molecule has 1 amide bonds. The maximum atomic E-state index is 12.2. The second-order valence-corrected chi connectivity index (χ2v) is 6.77. The fraction of sp³-hybridized carbons (Fsp3) is 0.250. The molecule has 2 N–H and O–H groups in total. The summed E-state index contributed by atoms with van der Waals surface area (Å²) < 4.78 is 2.39. The van der Waals surface area contributed by atoms with Crippen molar-refractivity contribution in [1.82, 2.24) is 20.1 Å². The van der Waals surface area contributed by atoms with E-state index >= 15 is 0 Å². The lowest BCUT2D eigenvalue weighted by Crippen LogP contribution is -2.24. The number of rotatable bonds is 6. The second-order valence-electron chi connectivity index (χ2n) is 6.39. The first-order chi connectivity index (χ1) is 12.5. The van der Waals surface area contributed by atoms with Gasteiger partial charge in [0, 0.05) is 25.1 Å². The summed E-state index contributed by atoms with van der Waals surface area (Å²) in [6, 6.07) is 16.2. The molecule has 0 atom stereocenters. The Balaban J connectivity index is 1.62. The topological polar surface area (TPSA) is 62.7 Å². The number of nitrogens with one attached hydrogen (secondary N) is 2. The first kappa shape index (κ1) is 18.1. The maximum Gasteiger partial charge on any atom is 0.222 e. The summed E-state index contributed by atoms with van der Waals surface area (Å²) in [5.74, 6) is 0.742. The predicted molar refractivity (Wildman–Crippen MR) is 105 cm³/mol. The Morgan fingerprint density at radius 3 is 2.65 bits per heavy atom. The molecule has 0 aliphatic carbocycles. The summed E-state index contributed by atoms with van der Waals surface area (Å²) in [6.45, 7) is 5.10. The van der Waals surface area contributed by atoms with Crippen molar-refractivity contribution in [3.63, 3.8) is 0 Å². The van der Waals surface area contributed by atoms with Gasteiger partial charge in [0.2, 0.25) is 5.91 Å². The lowest BCUT2D eigenvalue weighted by Gasteiger charge is -2.09. The number of aromatic amines is 1. The molecular formula is C20H22N4OS. The van der Waals surface area contributed by atoms with Crippen molar-refractivity contribution < 1.29 is 4.79 Å². The van der Waals surface area contributed by atoms with Gasteiger partial charge in [-0.2, -0.15) is 5.10 Å². The fourth-order valence-electron chi connectivity index (χ4n) is 2.77. The number of hydrogen-bond acceptors (Lipinski definition) is 3. The van der Waals surface area contributed by atoms with Crippen LogP contribution < -0.4 is 5.32 Å². The standard InChI is InChI=1S/C20H22N4OS/c1-14-6-8-17(9-7-14)19-22-23-20(26)24(19)11-10-18(25)21-13-16-5-3-4-15(2)12-16/h3-9,12H,10-11,13H2,1-2H3,(H,21,25)(H,23,26). The van der Waals surface area contributed by atoms with Gasteiger partial charge in [0.25, 0.3) is 0 Å². The van der Waals surface area contributed by atoms with E-state index in [2.05, 4.69) is 21.6 Å². The highest BCUT2D eigenvalue weighted by Crippen LogP contribution is 2.18. The van der Waals surface area contributed by atoms with E-state index in [1.807, 2.05) is 60.9 Å². The Morgan fingerprint density at radius 1 is 1.15 bits per heavy atom. The molecule has 5 nitrogen and oxygen atoms in total. The predicted octanol–water partition coefficient (Wildman–Crippen LogP) is 3.93. The van der Waals surface area contributed by atoms with Gasteiger partial charge in [-0.15, -0.1) is 0 Å². The summed E-state index contributed by atoms with van der Waals surface area (Å²) in [6.07, 6.45) is 0.346. The van der Waals surface area contributed by atoms with Gasteiger partial charge in [-0.1, -0.05) is 59.7 Å². The van der Waals surface area contributed by atoms with Gasteiger partial charge in [-0.05, 0) is 31.6 Å². The molecule has 1 aromatic heterocycles. The first-order valence-electron chi connectivity index (χ1n) is 8.57. The molecular weight excluding hydrogens is 344 g/mol. The lowest BCUT2D eigenvalue weighted by atomic mass is 10.1. The van der Waals surface area contributed by atoms with Gasteiger partial charge in [0.1, 0.15) is 0 Å². The van der Waals surface area contributed by atoms with Crippen LogP contribution in [0.1, 0.15) is 23.1 Å². The average molecular weight is 366 g/mol. The van der Waals surface area contributed by atoms with Crippen LogP contribution >= 0.6 is 12.2 Å². The number of amides is 1. The van der Waals surface area contributed by atoms with E-state index in [1.165, 1.54) is 11.1 Å². The zero-order chi connectivity index (χ0) is 18.5. The van der Waals surface area contributed by atoms with Crippen LogP contribution in [0.25, 0.3) is 11.4 Å². The molecule has 0 fully saturated rings. The highest BCUT2D eigenvalue weighted by molar-refractivity contribution is 7.71. The third-order valence-corrected chi connectivity index (χ3v) is 4.51. The third-order valence-electron chi connectivity index (χ3n) is 4.20. The highest BCUT2D eigenvalue weighted by atomic mass is 32.1. The number of carbonyl (C=O) groups excluding carboxylic acids is 1. The number of H-pyrrole nitrogens is 1. The van der Waals surface area contributed by atoms with Crippen molar-refractivity contribution in [2.45, 2.75) is 33.4 Å². The van der Waals surface area contributed by atoms with Crippen LogP contribution in [0.4, 0.5) is 0 Å². The molecule has 3 rings (SSSR count). The SMILES string of the molecule is Cc1ccc(-c2n[nH]c(=S)n2CCC(=O)NCc2cccc(C)c2)cc1. The number of aryl methyl sites for hydroxylation is 2. The van der Waals surface area contributed by atoms with Crippen molar-refractivity contribution in [3.05, 3.63) is 70.0 Å². The van der Waals surface area contributed by atoms with Crippen LogP contribution in [-0.2, 0) is 17.9 Å². The molecule has 26 heavy (non-hydrogen) atoms. The van der Waals surface area contributed by atoms with Gasteiger partial charge in [0.05, 0.1) is 0 Å². The van der Waals surface area contributed by atoms with Crippen LogP contribution in [0.2, 0.25) is 0 Å². The maximum absolute atomic E-state index is 12.2. The van der Waals surface area contributed by atoms with Crippen molar-refractivity contribution in [1.29, 1.82) is 0 Å². The Hall–Kier alpha value is -2.73. The lowest BCUT2D eigenvalue weighted by molar-refractivity contribution is -0.121. The molecule has 3 aromatic rings. The second kappa shape index (κ2) is 8.10. The summed E-state index contributed by atoms with van der Waals surface area (Å²) in [5, 5.41) is 10.1. The zero-order valence-electron chi connectivity index (χ0n) is 15.0. The van der Waals surface area contributed by atoms with E-state index in [1.54, 1.807) is 0 Å². The van der Waals surface area contributed by atoms with Gasteiger partial charge in [-0.25, -0.2) is 0 Å². The molecule has 0 aliphatic heterocycles. The highest BCUT2D eigenvalue weighted by Gasteiger charge is 2.10. The van der Waals surface area contributed by atoms with E-state index in [0.29, 0.717) is 24.3 Å². The molecule has 0 unspecified atom stereocenters. The number of hydrogen-bond donors (Lipinski definition) is 2. The van der Waals surface area contributed by atoms with E-state index in [9.17, 15) is 4.79 Å². The molecule has 134 valence electrons. The molecule has 0 spiro atoms. The van der Waals surface area contributed by atoms with Crippen LogP contribution in [0, 0.1) is 18.6 Å². The smallest absolute Gasteiger partial charge is 0.222 e. The normalized spacial score (nSPS) is 10.7. The monoisotopic (exact) mass is 366 g/mol. The molecule has 1 heterocycles. The zero-order valence-corrected chi connectivity index (χ0v) is 15.8. The number of aromatic nitrogens is 3. The van der Waals surface area contributed by atoms with Crippen molar-refractivity contribution in [2.24, 2.45) is 0 Å². The number of benzene rings is 2. The van der Waals surface area contributed by atoms with E-state index in [4.69, 9.17) is 12.2 Å². The molecule has 0 saturated heterocycles. The summed E-state index contributed by atoms with van der Waals surface area (Å²) >= 11 is 5.32. The van der Waals surface area contributed by atoms with Gasteiger partial charge in [-0.3, -0.25) is 14.5 Å². The summed E-state index contributed by atoms with van der Waals surface area (Å²) in [7, 11) is 0. The molecule has 0 radical (unpaired) electrons. The van der Waals surface area contributed by atoms with Gasteiger partial charge < -0.3 is 5.32 Å². The van der Waals surface area contributed by atoms with Crippen LogP contribution in [0.3, 0.4) is 0 Å². The molecule has 0 bridgehead atoms. The number of carbonyl (C=O) groups is 1. The number of nitrogens with zero attached hydrogens (tertiary/aromatic N) is 2. The Morgan fingerprint density at radius 2 is 1.92 bits per heavy atom. The van der Waals surface area contributed by atoms with Crippen LogP contribution in [0.15, 0.2) is 48.5 Å². The van der Waals surface area contributed by atoms with E-state index in [0.717, 1.165) is 17.0 Å². The van der Waals surface area contributed by atoms with Crippen LogP contribution in [0.5, 0.6) is 0 Å². The molecule has 0 saturated carbocycles. The quantitative estimate of drug-likeness (QED) is 0.650. The van der Waals surface area contributed by atoms with Gasteiger partial charge >= 0.3 is 0 Å². The van der Waals surface area contributed by atoms with E-state index < -0.39 is 0 Å². The third kappa shape index (κ3) is 4.46. The van der Waals surface area contributed by atoms with E-state index in [-0.39, 0.29) is 5.91 Å². The van der Waals surface area contributed by atoms with Crippen molar-refractivity contribution in [3.8, 4) is 11.4 Å². The average Bonchev–Trinajstić information content (AvgIpc) is 2.99. The molecule has 2 aromatic carbocycles. The minimum absolute atomic E-state index is 0.00976. The minimum Gasteiger partial charge on any atom is -0.352 e. The first-order valence-corrected chi connectivity index (χ1v) is 8.98. The van der Waals surface area contributed by atoms with Gasteiger partial charge in [0.15, 0.2) is 10.6 Å². The van der Waals surface area contributed by atoms with Crippen molar-refractivity contribution in [2.75, 3.05) is 0 Å². The van der Waals surface area contributed by atoms with Crippen molar-refractivity contribution >= 4 is 18.1 Å². The summed E-state index contributed by atoms with van der Waals surface area (Å²) in [4.78, 5) is 12.2. The molecule has 6 heteroatoms. The fourth-order valence-corrected chi connectivity index (χ4v) is 3.00. The Kier molecular flexibility index (Phi) is 5.63. The Labute approximate surface area is 158 Å². The Bertz CT molecular complexity index is 956. The molecule has 0 aliphatic rings. The summed E-state index contributed by atoms with van der Waals surface area (Å²) in [5.41, 5.74) is 4.44. The largest absolute Gasteiger partial charge is 0.352 e. The van der Waals surface area contributed by atoms with Crippen LogP contribution in [-0.4, -0.2) is 20.7 Å².